The van der Waals surface area contributed by atoms with Crippen LogP contribution in [0.25, 0.3) is 0 Å². The fourth-order valence-electron chi connectivity index (χ4n) is 2.39. The molecule has 7 heteroatoms. The highest BCUT2D eigenvalue weighted by Gasteiger charge is 2.36. The SMILES string of the molecule is COCCCCCCOc1ccnc(C2=N[C@@](C)(C(C)=O)CS2)c1O. The Morgan fingerprint density at radius 3 is 2.68 bits per heavy atom. The van der Waals surface area contributed by atoms with Crippen LogP contribution in [0.15, 0.2) is 17.3 Å². The number of rotatable bonds is 10. The molecule has 138 valence electrons. The van der Waals surface area contributed by atoms with Crippen molar-refractivity contribution in [2.45, 2.75) is 45.1 Å². The molecule has 1 aromatic rings. The number of unbranched alkanes of at least 4 members (excludes halogenated alkanes) is 3. The molecule has 0 aromatic carbocycles. The topological polar surface area (TPSA) is 81.0 Å². The molecule has 0 aliphatic carbocycles. The summed E-state index contributed by atoms with van der Waals surface area (Å²) in [5, 5.41) is 11.0. The predicted molar refractivity (Wildman–Crippen MR) is 99.8 cm³/mol. The third kappa shape index (κ3) is 5.19. The van der Waals surface area contributed by atoms with Gasteiger partial charge in [-0.2, -0.15) is 0 Å². The minimum absolute atomic E-state index is 0.00960. The number of thioether (sulfide) groups is 1. The van der Waals surface area contributed by atoms with Gasteiger partial charge < -0.3 is 14.6 Å². The first kappa shape index (κ1) is 19.7. The molecule has 25 heavy (non-hydrogen) atoms. The summed E-state index contributed by atoms with van der Waals surface area (Å²) >= 11 is 1.43. The van der Waals surface area contributed by atoms with E-state index in [4.69, 9.17) is 9.47 Å². The van der Waals surface area contributed by atoms with E-state index >= 15 is 0 Å². The lowest BCUT2D eigenvalue weighted by Gasteiger charge is -2.14. The molecule has 1 aliphatic heterocycles. The number of ether oxygens (including phenoxy) is 2. The Bertz CT molecular complexity index is 636. The van der Waals surface area contributed by atoms with E-state index in [0.29, 0.717) is 28.8 Å². The van der Waals surface area contributed by atoms with E-state index in [1.165, 1.54) is 18.7 Å². The quantitative estimate of drug-likeness (QED) is 0.641. The molecule has 2 rings (SSSR count). The van der Waals surface area contributed by atoms with Crippen molar-refractivity contribution in [3.8, 4) is 11.5 Å². The van der Waals surface area contributed by atoms with Crippen molar-refractivity contribution in [1.29, 1.82) is 0 Å². The van der Waals surface area contributed by atoms with Crippen LogP contribution in [0.3, 0.4) is 0 Å². The van der Waals surface area contributed by atoms with Gasteiger partial charge in [0.25, 0.3) is 0 Å². The lowest BCUT2D eigenvalue weighted by molar-refractivity contribution is -0.120. The van der Waals surface area contributed by atoms with Crippen LogP contribution in [-0.2, 0) is 9.53 Å². The Balaban J connectivity index is 1.95. The molecule has 1 aliphatic rings. The summed E-state index contributed by atoms with van der Waals surface area (Å²) in [6.07, 6.45) is 5.71. The summed E-state index contributed by atoms with van der Waals surface area (Å²) in [5.74, 6) is 0.962. The zero-order chi connectivity index (χ0) is 18.3. The van der Waals surface area contributed by atoms with Crippen LogP contribution in [0.2, 0.25) is 0 Å². The Labute approximate surface area is 153 Å². The van der Waals surface area contributed by atoms with Gasteiger partial charge in [0.2, 0.25) is 0 Å². The first-order valence-electron chi connectivity index (χ1n) is 8.51. The molecule has 0 saturated carbocycles. The number of hydrogen-bond acceptors (Lipinski definition) is 7. The maximum Gasteiger partial charge on any atom is 0.186 e. The molecule has 0 radical (unpaired) electrons. The average molecular weight is 366 g/mol. The van der Waals surface area contributed by atoms with Crippen molar-refractivity contribution in [2.75, 3.05) is 26.1 Å². The molecule has 0 unspecified atom stereocenters. The van der Waals surface area contributed by atoms with Crippen LogP contribution in [0.5, 0.6) is 11.5 Å². The number of ketones is 1. The summed E-state index contributed by atoms with van der Waals surface area (Å²) in [5.41, 5.74) is -0.361. The molecule has 0 fully saturated rings. The number of methoxy groups -OCH3 is 1. The molecule has 1 N–H and O–H groups in total. The van der Waals surface area contributed by atoms with Gasteiger partial charge >= 0.3 is 0 Å². The first-order valence-corrected chi connectivity index (χ1v) is 9.50. The first-order chi connectivity index (χ1) is 12.0. The number of nitrogens with zero attached hydrogens (tertiary/aromatic N) is 2. The van der Waals surface area contributed by atoms with Crippen molar-refractivity contribution in [1.82, 2.24) is 4.98 Å². The Hall–Kier alpha value is -1.60. The smallest absolute Gasteiger partial charge is 0.186 e. The van der Waals surface area contributed by atoms with Gasteiger partial charge in [-0.3, -0.25) is 9.79 Å². The molecular weight excluding hydrogens is 340 g/mol. The van der Waals surface area contributed by atoms with Crippen LogP contribution < -0.4 is 4.74 Å². The van der Waals surface area contributed by atoms with E-state index in [1.807, 2.05) is 0 Å². The highest BCUT2D eigenvalue weighted by molar-refractivity contribution is 8.14. The Kier molecular flexibility index (Phi) is 7.25. The van der Waals surface area contributed by atoms with Gasteiger partial charge in [0.1, 0.15) is 16.3 Å². The van der Waals surface area contributed by atoms with Crippen molar-refractivity contribution in [2.24, 2.45) is 4.99 Å². The van der Waals surface area contributed by atoms with Crippen LogP contribution in [0.1, 0.15) is 45.2 Å². The van der Waals surface area contributed by atoms with Crippen LogP contribution >= 0.6 is 11.8 Å². The molecule has 6 nitrogen and oxygen atoms in total. The van der Waals surface area contributed by atoms with Gasteiger partial charge in [-0.15, -0.1) is 11.8 Å². The number of pyridine rings is 1. The van der Waals surface area contributed by atoms with E-state index in [-0.39, 0.29) is 11.5 Å². The summed E-state index contributed by atoms with van der Waals surface area (Å²) in [6.45, 7) is 4.66. The number of aromatic hydroxyl groups is 1. The number of aliphatic imine (C=N–C) groups is 1. The summed E-state index contributed by atoms with van der Waals surface area (Å²) in [4.78, 5) is 20.4. The molecule has 0 spiro atoms. The fraction of sp³-hybridized carbons (Fsp3) is 0.611. The Morgan fingerprint density at radius 2 is 2.04 bits per heavy atom. The van der Waals surface area contributed by atoms with Crippen molar-refractivity contribution in [3.63, 3.8) is 0 Å². The summed E-state index contributed by atoms with van der Waals surface area (Å²) in [7, 11) is 1.71. The zero-order valence-corrected chi connectivity index (χ0v) is 15.9. The fourth-order valence-corrected chi connectivity index (χ4v) is 3.63. The van der Waals surface area contributed by atoms with Gasteiger partial charge in [0.05, 0.1) is 6.61 Å². The van der Waals surface area contributed by atoms with Gasteiger partial charge in [-0.1, -0.05) is 6.42 Å². The summed E-state index contributed by atoms with van der Waals surface area (Å²) in [6, 6.07) is 1.65. The van der Waals surface area contributed by atoms with Crippen molar-refractivity contribution in [3.05, 3.63) is 18.0 Å². The van der Waals surface area contributed by atoms with E-state index in [1.54, 1.807) is 26.3 Å². The third-order valence-electron chi connectivity index (χ3n) is 4.19. The Morgan fingerprint density at radius 1 is 1.32 bits per heavy atom. The van der Waals surface area contributed by atoms with Crippen LogP contribution in [0.4, 0.5) is 0 Å². The van der Waals surface area contributed by atoms with E-state index in [0.717, 1.165) is 32.3 Å². The minimum atomic E-state index is -0.743. The van der Waals surface area contributed by atoms with Crippen LogP contribution in [-0.4, -0.2) is 52.5 Å². The monoisotopic (exact) mass is 366 g/mol. The molecule has 0 bridgehead atoms. The highest BCUT2D eigenvalue weighted by Crippen LogP contribution is 2.36. The lowest BCUT2D eigenvalue weighted by atomic mass is 10.0. The second-order valence-electron chi connectivity index (χ2n) is 6.30. The van der Waals surface area contributed by atoms with Gasteiger partial charge in [0.15, 0.2) is 17.3 Å². The van der Waals surface area contributed by atoms with E-state index in [2.05, 4.69) is 9.98 Å². The standard InChI is InChI=1S/C18H26N2O4S/c1-13(21)18(2)12-25-17(20-18)15-16(22)14(8-9-19-15)24-11-7-5-4-6-10-23-3/h8-9,22H,4-7,10-12H2,1-3H3/t18-/m1/s1. The lowest BCUT2D eigenvalue weighted by Crippen LogP contribution is -2.31. The second-order valence-corrected chi connectivity index (χ2v) is 7.26. The van der Waals surface area contributed by atoms with Crippen molar-refractivity contribution < 1.29 is 19.4 Å². The molecule has 1 aromatic heterocycles. The molecular formula is C18H26N2O4S. The molecule has 0 saturated heterocycles. The summed E-state index contributed by atoms with van der Waals surface area (Å²) < 4.78 is 10.7. The van der Waals surface area contributed by atoms with Gasteiger partial charge in [-0.25, -0.2) is 4.98 Å². The predicted octanol–water partition coefficient (Wildman–Crippen LogP) is 3.21. The van der Waals surface area contributed by atoms with Crippen LogP contribution in [0, 0.1) is 0 Å². The number of aromatic nitrogens is 1. The van der Waals surface area contributed by atoms with E-state index < -0.39 is 5.54 Å². The maximum absolute atomic E-state index is 11.7. The molecule has 2 heterocycles. The average Bonchev–Trinajstić information content (AvgIpc) is 2.99. The number of carbonyl (C=O) groups excluding carboxylic acids is 1. The highest BCUT2D eigenvalue weighted by atomic mass is 32.2. The third-order valence-corrected chi connectivity index (χ3v) is 5.45. The zero-order valence-electron chi connectivity index (χ0n) is 15.1. The molecule has 0 amide bonds. The number of hydrogen-bond donors (Lipinski definition) is 1. The number of Topliss-reactive ketones (excluding diaryl/α,β-unsaturated/α-hetero) is 1. The van der Waals surface area contributed by atoms with Crippen molar-refractivity contribution >= 4 is 22.6 Å². The molecule has 1 atom stereocenters. The normalized spacial score (nSPS) is 19.7. The largest absolute Gasteiger partial charge is 0.503 e. The number of carbonyl (C=O) groups is 1. The van der Waals surface area contributed by atoms with E-state index in [9.17, 15) is 9.90 Å². The van der Waals surface area contributed by atoms with Gasteiger partial charge in [0, 0.05) is 31.7 Å². The minimum Gasteiger partial charge on any atom is -0.503 e. The van der Waals surface area contributed by atoms with Gasteiger partial charge in [-0.05, 0) is 33.1 Å². The maximum atomic E-state index is 11.7. The second kappa shape index (κ2) is 9.20.